The Labute approximate surface area is 215 Å². The van der Waals surface area contributed by atoms with Gasteiger partial charge in [-0.25, -0.2) is 0 Å². The first-order valence-corrected chi connectivity index (χ1v) is 13.7. The van der Waals surface area contributed by atoms with Crippen LogP contribution in [0.5, 0.6) is 0 Å². The minimum Gasteiger partial charge on any atom is -0.396 e. The average molecular weight is 493 g/mol. The van der Waals surface area contributed by atoms with Gasteiger partial charge in [0.25, 0.3) is 0 Å². The molecule has 2 saturated heterocycles. The molecule has 6 heteroatoms. The van der Waals surface area contributed by atoms with Crippen LogP contribution in [0.2, 0.25) is 0 Å². The number of hydrogen-bond acceptors (Lipinski definition) is 6. The van der Waals surface area contributed by atoms with E-state index < -0.39 is 0 Å². The predicted octanol–water partition coefficient (Wildman–Crippen LogP) is 5.00. The topological polar surface area (TPSA) is 64.0 Å². The van der Waals surface area contributed by atoms with Gasteiger partial charge in [-0.1, -0.05) is 42.5 Å². The Bertz CT molecular complexity index is 984. The van der Waals surface area contributed by atoms with Crippen molar-refractivity contribution in [3.8, 4) is 0 Å². The van der Waals surface area contributed by atoms with E-state index in [1.807, 2.05) is 12.3 Å². The third-order valence-electron chi connectivity index (χ3n) is 7.94. The molecule has 1 aromatic carbocycles. The second kappa shape index (κ2) is 12.4. The molecule has 6 atom stereocenters. The third kappa shape index (κ3) is 5.29. The molecular weight excluding hydrogens is 452 g/mol. The zero-order valence-corrected chi connectivity index (χ0v) is 21.4. The summed E-state index contributed by atoms with van der Waals surface area (Å²) in [5, 5.41) is 9.00. The highest BCUT2D eigenvalue weighted by atomic mass is 16.5. The van der Waals surface area contributed by atoms with E-state index in [0.29, 0.717) is 32.3 Å². The van der Waals surface area contributed by atoms with Gasteiger partial charge in [-0.15, -0.1) is 0 Å². The van der Waals surface area contributed by atoms with Gasteiger partial charge in [-0.2, -0.15) is 0 Å². The van der Waals surface area contributed by atoms with E-state index in [1.54, 1.807) is 0 Å². The fourth-order valence-electron chi connectivity index (χ4n) is 6.44. The van der Waals surface area contributed by atoms with Crippen molar-refractivity contribution < 1.29 is 19.3 Å². The number of aromatic nitrogens is 1. The normalized spacial score (nSPS) is 29.1. The number of piperidine rings is 1. The summed E-state index contributed by atoms with van der Waals surface area (Å²) in [6.07, 6.45) is 13.8. The fourth-order valence-corrected chi connectivity index (χ4v) is 6.44. The van der Waals surface area contributed by atoms with E-state index in [2.05, 4.69) is 65.5 Å². The van der Waals surface area contributed by atoms with Crippen LogP contribution in [0.25, 0.3) is 0 Å². The van der Waals surface area contributed by atoms with Crippen molar-refractivity contribution in [2.45, 2.75) is 76.0 Å². The smallest absolute Gasteiger partial charge is 0.121 e. The van der Waals surface area contributed by atoms with E-state index in [0.717, 1.165) is 32.1 Å². The number of allylic oxidation sites excluding steroid dienone is 2. The maximum atomic E-state index is 9.00. The molecule has 3 aliphatic heterocycles. The lowest BCUT2D eigenvalue weighted by Gasteiger charge is -2.57. The van der Waals surface area contributed by atoms with Gasteiger partial charge in [-0.3, -0.25) is 9.88 Å². The van der Waals surface area contributed by atoms with Crippen molar-refractivity contribution in [1.29, 1.82) is 0 Å². The highest BCUT2D eigenvalue weighted by Gasteiger charge is 2.60. The minimum atomic E-state index is 0.0250. The summed E-state index contributed by atoms with van der Waals surface area (Å²) in [6.45, 7) is 5.04. The number of aliphatic hydroxyl groups excluding tert-OH is 1. The van der Waals surface area contributed by atoms with Crippen LogP contribution in [0.3, 0.4) is 0 Å². The molecular formula is C30H40N2O4. The predicted molar refractivity (Wildman–Crippen MR) is 139 cm³/mol. The first-order valence-electron chi connectivity index (χ1n) is 13.7. The highest BCUT2D eigenvalue weighted by Crippen LogP contribution is 2.57. The Morgan fingerprint density at radius 1 is 1.11 bits per heavy atom. The lowest BCUT2D eigenvalue weighted by molar-refractivity contribution is -0.161. The lowest BCUT2D eigenvalue weighted by Crippen LogP contribution is -2.61. The van der Waals surface area contributed by atoms with Gasteiger partial charge in [0.1, 0.15) is 6.23 Å². The van der Waals surface area contributed by atoms with E-state index in [9.17, 15) is 0 Å². The molecule has 36 heavy (non-hydrogen) atoms. The number of unbranched alkanes of at least 4 members (excludes halogenated alkanes) is 2. The van der Waals surface area contributed by atoms with Crippen LogP contribution in [0.15, 0.2) is 60.9 Å². The molecule has 194 valence electrons. The summed E-state index contributed by atoms with van der Waals surface area (Å²) in [7, 11) is 0. The molecule has 0 amide bonds. The van der Waals surface area contributed by atoms with Crippen molar-refractivity contribution >= 4 is 0 Å². The first kappa shape index (κ1) is 25.6. The molecule has 1 N–H and O–H groups in total. The number of pyridine rings is 1. The second-order valence-corrected chi connectivity index (χ2v) is 10.2. The summed E-state index contributed by atoms with van der Waals surface area (Å²) in [4.78, 5) is 7.12. The van der Waals surface area contributed by atoms with E-state index in [1.165, 1.54) is 16.7 Å². The van der Waals surface area contributed by atoms with Crippen LogP contribution in [0, 0.1) is 5.92 Å². The molecule has 1 aromatic heterocycles. The fraction of sp³-hybridized carbons (Fsp3) is 0.567. The largest absolute Gasteiger partial charge is 0.396 e. The van der Waals surface area contributed by atoms with Gasteiger partial charge in [0.05, 0.1) is 37.9 Å². The van der Waals surface area contributed by atoms with Gasteiger partial charge in [0, 0.05) is 37.6 Å². The molecule has 1 aliphatic carbocycles. The van der Waals surface area contributed by atoms with Crippen LogP contribution in [-0.2, 0) is 20.8 Å². The SMILES string of the molecule is CCO[C@H]1[C@@H](CC/C=C\CCCCO)[C@H]2c3cnccc3[C@@H]1[C@@H]1OC[C@@H](COCc3ccccc3)N21. The molecule has 0 saturated carbocycles. The highest BCUT2D eigenvalue weighted by molar-refractivity contribution is 5.40. The van der Waals surface area contributed by atoms with Crippen molar-refractivity contribution in [2.24, 2.45) is 5.92 Å². The summed E-state index contributed by atoms with van der Waals surface area (Å²) < 4.78 is 19.2. The summed E-state index contributed by atoms with van der Waals surface area (Å²) >= 11 is 0. The second-order valence-electron chi connectivity index (χ2n) is 10.2. The Kier molecular flexibility index (Phi) is 8.83. The molecule has 2 aromatic rings. The Morgan fingerprint density at radius 3 is 2.81 bits per heavy atom. The first-order chi connectivity index (χ1) is 17.8. The van der Waals surface area contributed by atoms with E-state index in [-0.39, 0.29) is 36.9 Å². The van der Waals surface area contributed by atoms with Gasteiger partial charge >= 0.3 is 0 Å². The maximum absolute atomic E-state index is 9.00. The molecule has 0 radical (unpaired) electrons. The number of ether oxygens (including phenoxy) is 3. The number of fused-ring (bicyclic) bond motifs is 1. The molecule has 0 unspecified atom stereocenters. The van der Waals surface area contributed by atoms with E-state index in [4.69, 9.17) is 19.3 Å². The standard InChI is InChI=1S/C30H40N2O4/c1-2-35-29-25(14-10-5-3-4-6-11-17-33)28-26-18-31-16-15-24(26)27(29)30-32(28)23(21-36-30)20-34-19-22-12-8-7-9-13-22/h3,5,7-9,12-13,15-16,18,23,25,27-30,33H,2,4,6,10-11,14,17,19-21H2,1H3/b5-3-/t23-,25+,27+,28+,29+,30+/m1/s1. The van der Waals surface area contributed by atoms with Crippen molar-refractivity contribution in [1.82, 2.24) is 9.88 Å². The number of hydrogen-bond donors (Lipinski definition) is 1. The number of nitrogens with zero attached hydrogens (tertiary/aromatic N) is 2. The van der Waals surface area contributed by atoms with Gasteiger partial charge in [0.2, 0.25) is 0 Å². The quantitative estimate of drug-likeness (QED) is 0.314. The van der Waals surface area contributed by atoms with Crippen molar-refractivity contribution in [3.05, 3.63) is 77.6 Å². The monoisotopic (exact) mass is 492 g/mol. The Balaban J connectivity index is 1.33. The molecule has 2 fully saturated rings. The molecule has 6 nitrogen and oxygen atoms in total. The minimum absolute atomic E-state index is 0.0250. The van der Waals surface area contributed by atoms with Crippen LogP contribution in [-0.4, -0.2) is 59.8 Å². The lowest BCUT2D eigenvalue weighted by atomic mass is 9.65. The molecule has 2 bridgehead atoms. The van der Waals surface area contributed by atoms with Gasteiger partial charge in [0.15, 0.2) is 0 Å². The summed E-state index contributed by atoms with van der Waals surface area (Å²) in [5.74, 6) is 0.564. The molecule has 6 rings (SSSR count). The zero-order chi connectivity index (χ0) is 24.7. The Hall–Kier alpha value is -2.09. The third-order valence-corrected chi connectivity index (χ3v) is 7.94. The molecule has 4 aliphatic rings. The van der Waals surface area contributed by atoms with Crippen LogP contribution < -0.4 is 0 Å². The van der Waals surface area contributed by atoms with Crippen LogP contribution in [0.1, 0.15) is 67.7 Å². The molecule has 4 heterocycles. The molecule has 0 spiro atoms. The van der Waals surface area contributed by atoms with Gasteiger partial charge in [-0.05, 0) is 61.8 Å². The zero-order valence-electron chi connectivity index (χ0n) is 21.4. The Morgan fingerprint density at radius 2 is 1.97 bits per heavy atom. The number of rotatable bonds is 13. The van der Waals surface area contributed by atoms with Gasteiger partial charge < -0.3 is 19.3 Å². The van der Waals surface area contributed by atoms with Crippen molar-refractivity contribution in [2.75, 3.05) is 26.4 Å². The van der Waals surface area contributed by atoms with Crippen LogP contribution >= 0.6 is 0 Å². The van der Waals surface area contributed by atoms with Crippen molar-refractivity contribution in [3.63, 3.8) is 0 Å². The number of benzene rings is 1. The van der Waals surface area contributed by atoms with E-state index >= 15 is 0 Å². The average Bonchev–Trinajstić information content (AvgIpc) is 3.34. The summed E-state index contributed by atoms with van der Waals surface area (Å²) in [5.41, 5.74) is 3.88. The maximum Gasteiger partial charge on any atom is 0.121 e. The number of aliphatic hydroxyl groups is 1. The summed E-state index contributed by atoms with van der Waals surface area (Å²) in [6, 6.07) is 13.0. The van der Waals surface area contributed by atoms with Crippen LogP contribution in [0.4, 0.5) is 0 Å².